The van der Waals surface area contributed by atoms with Crippen molar-refractivity contribution in [3.05, 3.63) is 22.4 Å². The highest BCUT2D eigenvalue weighted by atomic mass is 35.5. The van der Waals surface area contributed by atoms with E-state index in [0.717, 1.165) is 12.8 Å². The number of hydrogen-bond acceptors (Lipinski definition) is 8. The molecule has 0 amide bonds. The summed E-state index contributed by atoms with van der Waals surface area (Å²) in [6.07, 6.45) is 3.05. The molecule has 0 aromatic carbocycles. The van der Waals surface area contributed by atoms with Gasteiger partial charge in [0.2, 0.25) is 10.0 Å². The van der Waals surface area contributed by atoms with E-state index in [2.05, 4.69) is 19.9 Å². The van der Waals surface area contributed by atoms with E-state index in [-0.39, 0.29) is 25.6 Å². The summed E-state index contributed by atoms with van der Waals surface area (Å²) in [7, 11) is -4.93. The van der Waals surface area contributed by atoms with Gasteiger partial charge in [-0.3, -0.25) is 8.61 Å². The number of pyridine rings is 1. The average Bonchev–Trinajstić information content (AvgIpc) is 3.20. The summed E-state index contributed by atoms with van der Waals surface area (Å²) >= 11 is 7.22. The maximum atomic E-state index is 13.3. The van der Waals surface area contributed by atoms with E-state index in [4.69, 9.17) is 11.6 Å². The second kappa shape index (κ2) is 8.93. The van der Waals surface area contributed by atoms with Crippen molar-refractivity contribution in [2.45, 2.75) is 61.1 Å². The molecule has 36 heavy (non-hydrogen) atoms. The Labute approximate surface area is 218 Å². The van der Waals surface area contributed by atoms with Gasteiger partial charge in [0.05, 0.1) is 5.69 Å². The normalized spacial score (nSPS) is 20.2. The zero-order chi connectivity index (χ0) is 26.0. The Balaban J connectivity index is 1.66. The van der Waals surface area contributed by atoms with E-state index in [1.807, 2.05) is 18.7 Å². The van der Waals surface area contributed by atoms with Crippen molar-refractivity contribution in [3.8, 4) is 10.8 Å². The van der Waals surface area contributed by atoms with Crippen molar-refractivity contribution < 1.29 is 21.4 Å². The summed E-state index contributed by atoms with van der Waals surface area (Å²) in [5.74, 6) is 0.131. The average molecular weight is 579 g/mol. The monoisotopic (exact) mass is 578 g/mol. The van der Waals surface area contributed by atoms with Gasteiger partial charge in [-0.05, 0) is 45.6 Å². The Hall–Kier alpha value is -1.74. The molecule has 15 heteroatoms. The lowest BCUT2D eigenvalue weighted by Crippen LogP contribution is -2.45. The highest BCUT2D eigenvalue weighted by molar-refractivity contribution is 7.89. The second-order valence-corrected chi connectivity index (χ2v) is 14.8. The molecule has 1 saturated carbocycles. The number of anilines is 1. The minimum atomic E-state index is -3.91. The van der Waals surface area contributed by atoms with Gasteiger partial charge in [-0.15, -0.1) is 10.2 Å². The molecule has 1 aliphatic carbocycles. The molecule has 5 rings (SSSR count). The van der Waals surface area contributed by atoms with Crippen molar-refractivity contribution >= 4 is 55.0 Å². The van der Waals surface area contributed by atoms with Crippen LogP contribution in [-0.2, 0) is 20.8 Å². The van der Waals surface area contributed by atoms with Gasteiger partial charge in [0.1, 0.15) is 10.4 Å². The number of rotatable bonds is 7. The van der Waals surface area contributed by atoms with Gasteiger partial charge < -0.3 is 4.90 Å². The fourth-order valence-corrected chi connectivity index (χ4v) is 7.45. The molecular weight excluding hydrogens is 554 g/mol. The van der Waals surface area contributed by atoms with Crippen LogP contribution in [0.25, 0.3) is 16.3 Å². The second-order valence-electron chi connectivity index (χ2n) is 9.81. The lowest BCUT2D eigenvalue weighted by molar-refractivity contribution is 0.150. The van der Waals surface area contributed by atoms with Crippen LogP contribution in [-0.4, -0.2) is 61.8 Å². The first-order chi connectivity index (χ1) is 16.8. The first-order valence-corrected chi connectivity index (χ1v) is 15.5. The van der Waals surface area contributed by atoms with E-state index in [1.165, 1.54) is 10.6 Å². The molecule has 1 atom stereocenters. The van der Waals surface area contributed by atoms with Crippen LogP contribution in [0.4, 0.5) is 14.5 Å². The van der Waals surface area contributed by atoms with Gasteiger partial charge in [-0.1, -0.05) is 22.9 Å². The number of nitrogens with zero attached hydrogens (tertiary/aromatic N) is 5. The SMILES string of the molecule is CS(=O)C1(C)CCN(c2cc(S(=O)(=O)NC3(C)CC3)cn3c(-c4nnc(C(F)F)s4)nc(Cl)c23)CC1. The Morgan fingerprint density at radius 3 is 2.42 bits per heavy atom. The summed E-state index contributed by atoms with van der Waals surface area (Å²) < 4.78 is 69.2. The fourth-order valence-electron chi connectivity index (χ4n) is 4.26. The van der Waals surface area contributed by atoms with Gasteiger partial charge in [0.25, 0.3) is 6.43 Å². The van der Waals surface area contributed by atoms with Crippen molar-refractivity contribution in [1.82, 2.24) is 24.3 Å². The number of alkyl halides is 2. The Morgan fingerprint density at radius 1 is 1.19 bits per heavy atom. The molecule has 1 aliphatic heterocycles. The Morgan fingerprint density at radius 2 is 1.86 bits per heavy atom. The maximum Gasteiger partial charge on any atom is 0.291 e. The lowest BCUT2D eigenvalue weighted by Gasteiger charge is -2.39. The summed E-state index contributed by atoms with van der Waals surface area (Å²) in [6, 6.07) is 1.57. The third-order valence-corrected chi connectivity index (χ3v) is 11.6. The van der Waals surface area contributed by atoms with Crippen LogP contribution in [0.1, 0.15) is 51.0 Å². The molecule has 1 unspecified atom stereocenters. The van der Waals surface area contributed by atoms with Crippen molar-refractivity contribution in [2.75, 3.05) is 24.2 Å². The molecule has 196 valence electrons. The molecular formula is C21H25ClF2N6O3S3. The molecule has 9 nitrogen and oxygen atoms in total. The third kappa shape index (κ3) is 4.66. The molecule has 0 radical (unpaired) electrons. The third-order valence-electron chi connectivity index (χ3n) is 7.01. The van der Waals surface area contributed by atoms with E-state index in [1.54, 1.807) is 12.3 Å². The highest BCUT2D eigenvalue weighted by Gasteiger charge is 2.42. The standard InChI is InChI=1S/C21H25ClF2N6O3S3/c1-20(4-5-20)28-36(32,33)12-10-13(29-8-6-21(2,7-9-29)35(3)31)14-15(22)25-17(30(14)11-12)19-27-26-18(34-19)16(23)24/h10-11,16,28H,4-9H2,1-3H3. The maximum absolute atomic E-state index is 13.3. The number of aromatic nitrogens is 4. The minimum Gasteiger partial charge on any atom is -0.370 e. The van der Waals surface area contributed by atoms with E-state index >= 15 is 0 Å². The molecule has 3 aromatic rings. The summed E-state index contributed by atoms with van der Waals surface area (Å²) in [5, 5.41) is 7.10. The van der Waals surface area contributed by atoms with Crippen molar-refractivity contribution in [3.63, 3.8) is 0 Å². The number of piperidine rings is 1. The van der Waals surface area contributed by atoms with Crippen LogP contribution >= 0.6 is 22.9 Å². The van der Waals surface area contributed by atoms with Gasteiger partial charge in [0.15, 0.2) is 21.0 Å². The van der Waals surface area contributed by atoms with Gasteiger partial charge in [-0.25, -0.2) is 26.9 Å². The fraction of sp³-hybridized carbons (Fsp3) is 0.571. The number of fused-ring (bicyclic) bond motifs is 1. The molecule has 1 N–H and O–H groups in total. The zero-order valence-electron chi connectivity index (χ0n) is 19.8. The van der Waals surface area contributed by atoms with Crippen molar-refractivity contribution in [2.24, 2.45) is 0 Å². The number of hydrogen-bond donors (Lipinski definition) is 1. The van der Waals surface area contributed by atoms with E-state index in [0.29, 0.717) is 48.5 Å². The smallest absolute Gasteiger partial charge is 0.291 e. The first kappa shape index (κ1) is 25.9. The number of halogens is 3. The zero-order valence-corrected chi connectivity index (χ0v) is 23.0. The topological polar surface area (TPSA) is 110 Å². The van der Waals surface area contributed by atoms with Crippen LogP contribution in [0, 0.1) is 0 Å². The Bertz CT molecular complexity index is 1460. The first-order valence-electron chi connectivity index (χ1n) is 11.3. The van der Waals surface area contributed by atoms with Crippen LogP contribution in [0.15, 0.2) is 17.2 Å². The molecule has 0 spiro atoms. The summed E-state index contributed by atoms with van der Waals surface area (Å²) in [5.41, 5.74) is 0.496. The molecule has 2 aliphatic rings. The van der Waals surface area contributed by atoms with Gasteiger partial charge in [0, 0.05) is 46.6 Å². The molecule has 0 bridgehead atoms. The molecule has 3 aromatic heterocycles. The number of nitrogens with one attached hydrogen (secondary N) is 1. The Kier molecular flexibility index (Phi) is 6.42. The number of sulfonamides is 1. The van der Waals surface area contributed by atoms with Crippen molar-refractivity contribution in [1.29, 1.82) is 0 Å². The van der Waals surface area contributed by atoms with Gasteiger partial charge in [-0.2, -0.15) is 0 Å². The van der Waals surface area contributed by atoms with Crippen LogP contribution < -0.4 is 9.62 Å². The van der Waals surface area contributed by atoms with E-state index < -0.39 is 37.8 Å². The van der Waals surface area contributed by atoms with Crippen LogP contribution in [0.2, 0.25) is 5.15 Å². The van der Waals surface area contributed by atoms with Gasteiger partial charge >= 0.3 is 0 Å². The quantitative estimate of drug-likeness (QED) is 0.451. The van der Waals surface area contributed by atoms with E-state index in [9.17, 15) is 21.4 Å². The molecule has 2 fully saturated rings. The highest BCUT2D eigenvalue weighted by Crippen LogP contribution is 2.40. The molecule has 4 heterocycles. The number of imidazole rings is 1. The summed E-state index contributed by atoms with van der Waals surface area (Å²) in [4.78, 5) is 6.36. The minimum absolute atomic E-state index is 0.000516. The summed E-state index contributed by atoms with van der Waals surface area (Å²) in [6.45, 7) is 4.89. The lowest BCUT2D eigenvalue weighted by atomic mass is 9.97. The van der Waals surface area contributed by atoms with Crippen LogP contribution in [0.5, 0.6) is 0 Å². The predicted octanol–water partition coefficient (Wildman–Crippen LogP) is 4.01. The largest absolute Gasteiger partial charge is 0.370 e. The molecule has 1 saturated heterocycles. The van der Waals surface area contributed by atoms with Crippen LogP contribution in [0.3, 0.4) is 0 Å². The predicted molar refractivity (Wildman–Crippen MR) is 136 cm³/mol.